The summed E-state index contributed by atoms with van der Waals surface area (Å²) in [6.45, 7) is 7.36. The number of rotatable bonds is 6. The Morgan fingerprint density at radius 2 is 1.77 bits per heavy atom. The van der Waals surface area contributed by atoms with Crippen LogP contribution in [0.4, 0.5) is 4.79 Å². The first-order valence-corrected chi connectivity index (χ1v) is 10.7. The zero-order chi connectivity index (χ0) is 21.6. The van der Waals surface area contributed by atoms with E-state index in [1.807, 2.05) is 56.0 Å². The van der Waals surface area contributed by atoms with Gasteiger partial charge in [0.2, 0.25) is 5.91 Å². The lowest BCUT2D eigenvalue weighted by Crippen LogP contribution is -2.47. The lowest BCUT2D eigenvalue weighted by atomic mass is 10.0. The van der Waals surface area contributed by atoms with Crippen molar-refractivity contribution in [2.24, 2.45) is 0 Å². The van der Waals surface area contributed by atoms with E-state index in [1.165, 1.54) is 0 Å². The maximum Gasteiger partial charge on any atom is 0.407 e. The molecular formula is C24H32N2O4. The second-order valence-electron chi connectivity index (χ2n) is 8.73. The number of amides is 2. The molecule has 1 saturated heterocycles. The molecule has 2 aromatic carbocycles. The molecule has 3 rings (SSSR count). The van der Waals surface area contributed by atoms with Gasteiger partial charge in [-0.2, -0.15) is 0 Å². The summed E-state index contributed by atoms with van der Waals surface area (Å²) in [4.78, 5) is 26.3. The van der Waals surface area contributed by atoms with Gasteiger partial charge in [0.05, 0.1) is 6.61 Å². The topological polar surface area (TPSA) is 67.9 Å². The zero-order valence-electron chi connectivity index (χ0n) is 18.1. The molecule has 0 saturated carbocycles. The number of likely N-dealkylation sites (tertiary alicyclic amines) is 1. The summed E-state index contributed by atoms with van der Waals surface area (Å²) in [5.74, 6) is 1.00. The van der Waals surface area contributed by atoms with Gasteiger partial charge in [0.25, 0.3) is 0 Å². The van der Waals surface area contributed by atoms with Crippen LogP contribution in [-0.4, -0.2) is 48.2 Å². The molecule has 30 heavy (non-hydrogen) atoms. The van der Waals surface area contributed by atoms with Gasteiger partial charge in [-0.1, -0.05) is 36.4 Å². The lowest BCUT2D eigenvalue weighted by molar-refractivity contribution is -0.132. The average molecular weight is 413 g/mol. The van der Waals surface area contributed by atoms with Gasteiger partial charge in [-0.25, -0.2) is 4.79 Å². The Hall–Kier alpha value is -2.76. The fourth-order valence-corrected chi connectivity index (χ4v) is 3.63. The van der Waals surface area contributed by atoms with Crippen molar-refractivity contribution in [1.29, 1.82) is 0 Å². The summed E-state index contributed by atoms with van der Waals surface area (Å²) in [5, 5.41) is 5.14. The number of nitrogens with zero attached hydrogens (tertiary/aromatic N) is 1. The molecular weight excluding hydrogens is 380 g/mol. The summed E-state index contributed by atoms with van der Waals surface area (Å²) < 4.78 is 11.2. The smallest absolute Gasteiger partial charge is 0.407 e. The third-order valence-electron chi connectivity index (χ3n) is 5.11. The minimum Gasteiger partial charge on any atom is -0.493 e. The van der Waals surface area contributed by atoms with Crippen LogP contribution in [0.15, 0.2) is 42.5 Å². The minimum atomic E-state index is -0.505. The highest BCUT2D eigenvalue weighted by atomic mass is 16.6. The van der Waals surface area contributed by atoms with Crippen molar-refractivity contribution in [1.82, 2.24) is 10.2 Å². The second kappa shape index (κ2) is 9.83. The first kappa shape index (κ1) is 21.9. The summed E-state index contributed by atoms with van der Waals surface area (Å²) >= 11 is 0. The van der Waals surface area contributed by atoms with Gasteiger partial charge in [0.1, 0.15) is 11.4 Å². The first-order valence-electron chi connectivity index (χ1n) is 10.7. The highest BCUT2D eigenvalue weighted by molar-refractivity contribution is 5.88. The van der Waals surface area contributed by atoms with E-state index >= 15 is 0 Å². The Labute approximate surface area is 178 Å². The van der Waals surface area contributed by atoms with Gasteiger partial charge >= 0.3 is 6.09 Å². The lowest BCUT2D eigenvalue weighted by Gasteiger charge is -2.33. The zero-order valence-corrected chi connectivity index (χ0v) is 18.1. The predicted octanol–water partition coefficient (Wildman–Crippen LogP) is 4.51. The Morgan fingerprint density at radius 1 is 1.07 bits per heavy atom. The number of nitrogens with one attached hydrogen (secondary N) is 1. The molecule has 1 N–H and O–H groups in total. The molecule has 2 amide bonds. The molecule has 6 nitrogen and oxygen atoms in total. The van der Waals surface area contributed by atoms with Crippen LogP contribution in [0.3, 0.4) is 0 Å². The normalized spacial score (nSPS) is 15.1. The first-order chi connectivity index (χ1) is 14.3. The molecule has 0 atom stereocenters. The molecule has 1 fully saturated rings. The Bertz CT molecular complexity index is 862. The van der Waals surface area contributed by atoms with E-state index in [0.29, 0.717) is 32.5 Å². The Kier molecular flexibility index (Phi) is 7.19. The van der Waals surface area contributed by atoms with Crippen molar-refractivity contribution in [2.75, 3.05) is 19.7 Å². The number of benzene rings is 2. The largest absolute Gasteiger partial charge is 0.493 e. The van der Waals surface area contributed by atoms with E-state index in [1.54, 1.807) is 0 Å². The van der Waals surface area contributed by atoms with Crippen molar-refractivity contribution in [3.05, 3.63) is 42.5 Å². The fraction of sp³-hybridized carbons (Fsp3) is 0.500. The number of fused-ring (bicyclic) bond motifs is 1. The van der Waals surface area contributed by atoms with Gasteiger partial charge in [-0.15, -0.1) is 0 Å². The number of hydrogen-bond donors (Lipinski definition) is 1. The summed E-state index contributed by atoms with van der Waals surface area (Å²) in [7, 11) is 0. The second-order valence-corrected chi connectivity index (χ2v) is 8.73. The summed E-state index contributed by atoms with van der Waals surface area (Å²) in [6.07, 6.45) is 2.25. The fourth-order valence-electron chi connectivity index (χ4n) is 3.63. The third-order valence-corrected chi connectivity index (χ3v) is 5.11. The average Bonchev–Trinajstić information content (AvgIpc) is 2.70. The predicted molar refractivity (Wildman–Crippen MR) is 118 cm³/mol. The summed E-state index contributed by atoms with van der Waals surface area (Å²) in [6, 6.07) is 14.2. The molecule has 0 aromatic heterocycles. The third kappa shape index (κ3) is 6.37. The van der Waals surface area contributed by atoms with Crippen molar-refractivity contribution < 1.29 is 19.1 Å². The van der Waals surface area contributed by atoms with Crippen molar-refractivity contribution in [3.63, 3.8) is 0 Å². The molecule has 1 aliphatic rings. The van der Waals surface area contributed by atoms with Crippen LogP contribution in [0, 0.1) is 0 Å². The molecule has 0 unspecified atom stereocenters. The van der Waals surface area contributed by atoms with Crippen LogP contribution in [-0.2, 0) is 9.53 Å². The van der Waals surface area contributed by atoms with E-state index in [-0.39, 0.29) is 11.9 Å². The van der Waals surface area contributed by atoms with Crippen molar-refractivity contribution in [2.45, 2.75) is 58.1 Å². The van der Waals surface area contributed by atoms with Gasteiger partial charge in [-0.3, -0.25) is 4.79 Å². The molecule has 1 heterocycles. The Morgan fingerprint density at radius 3 is 2.50 bits per heavy atom. The number of carbonyl (C=O) groups is 2. The quantitative estimate of drug-likeness (QED) is 0.709. The van der Waals surface area contributed by atoms with E-state index in [4.69, 9.17) is 9.47 Å². The van der Waals surface area contributed by atoms with Crippen LogP contribution in [0.1, 0.15) is 46.5 Å². The van der Waals surface area contributed by atoms with Gasteiger partial charge in [0, 0.05) is 30.9 Å². The maximum atomic E-state index is 12.5. The highest BCUT2D eigenvalue weighted by Gasteiger charge is 2.25. The summed E-state index contributed by atoms with van der Waals surface area (Å²) in [5.41, 5.74) is -0.505. The van der Waals surface area contributed by atoms with Crippen molar-refractivity contribution in [3.8, 4) is 5.75 Å². The van der Waals surface area contributed by atoms with E-state index in [0.717, 1.165) is 29.4 Å². The number of carbonyl (C=O) groups excluding carboxylic acids is 2. The number of piperidine rings is 1. The van der Waals surface area contributed by atoms with E-state index in [2.05, 4.69) is 17.4 Å². The van der Waals surface area contributed by atoms with E-state index < -0.39 is 11.7 Å². The van der Waals surface area contributed by atoms with Crippen LogP contribution in [0.2, 0.25) is 0 Å². The van der Waals surface area contributed by atoms with Crippen LogP contribution >= 0.6 is 0 Å². The monoisotopic (exact) mass is 412 g/mol. The number of ether oxygens (including phenoxy) is 2. The van der Waals surface area contributed by atoms with Crippen LogP contribution < -0.4 is 10.1 Å². The van der Waals surface area contributed by atoms with Crippen LogP contribution in [0.5, 0.6) is 5.75 Å². The molecule has 2 aromatic rings. The number of alkyl carbamates (subject to hydrolysis) is 1. The molecule has 0 aliphatic carbocycles. The molecule has 162 valence electrons. The maximum absolute atomic E-state index is 12.5. The van der Waals surface area contributed by atoms with Gasteiger partial charge < -0.3 is 19.7 Å². The van der Waals surface area contributed by atoms with Gasteiger partial charge in [0.15, 0.2) is 0 Å². The molecule has 0 bridgehead atoms. The van der Waals surface area contributed by atoms with Crippen molar-refractivity contribution >= 4 is 22.8 Å². The standard InChI is InChI=1S/C24H32N2O4/c1-24(2,3)30-23(28)25-19-13-15-26(16-14-19)22(27)12-7-17-29-21-11-6-9-18-8-4-5-10-20(18)21/h4-6,8-11,19H,7,12-17H2,1-3H3,(H,25,28). The minimum absolute atomic E-state index is 0.0543. The molecule has 0 spiro atoms. The Balaban J connectivity index is 1.36. The van der Waals surface area contributed by atoms with Crippen LogP contribution in [0.25, 0.3) is 10.8 Å². The molecule has 1 aliphatic heterocycles. The van der Waals surface area contributed by atoms with E-state index in [9.17, 15) is 9.59 Å². The highest BCUT2D eigenvalue weighted by Crippen LogP contribution is 2.25. The molecule has 6 heteroatoms. The SMILES string of the molecule is CC(C)(C)OC(=O)NC1CCN(C(=O)CCCOc2cccc3ccccc23)CC1. The molecule has 0 radical (unpaired) electrons. The van der Waals surface area contributed by atoms with Gasteiger partial charge in [-0.05, 0) is 51.5 Å². The number of hydrogen-bond acceptors (Lipinski definition) is 4.